The first-order chi connectivity index (χ1) is 5.66. The lowest BCUT2D eigenvalue weighted by molar-refractivity contribution is 0.366. The lowest BCUT2D eigenvalue weighted by atomic mass is 10.2. The maximum absolute atomic E-state index is 5.39. The van der Waals surface area contributed by atoms with Crippen LogP contribution in [0.3, 0.4) is 0 Å². The third kappa shape index (κ3) is 7.98. The van der Waals surface area contributed by atoms with Crippen molar-refractivity contribution in [3.05, 3.63) is 0 Å². The summed E-state index contributed by atoms with van der Waals surface area (Å²) in [6, 6.07) is 0.610. The molecule has 0 aliphatic rings. The Labute approximate surface area is 76.3 Å². The topological polar surface area (TPSA) is 41.3 Å². The molecule has 0 aromatic heterocycles. The number of hydrogen-bond donors (Lipinski definition) is 2. The summed E-state index contributed by atoms with van der Waals surface area (Å²) < 4.78 is 0. The van der Waals surface area contributed by atoms with Crippen molar-refractivity contribution in [3.8, 4) is 0 Å². The molecular weight excluding hydrogens is 150 g/mol. The Balaban J connectivity index is 3.15. The second-order valence-electron chi connectivity index (χ2n) is 3.59. The fraction of sp³-hybridized carbons (Fsp3) is 1.00. The second-order valence-corrected chi connectivity index (χ2v) is 3.59. The van der Waals surface area contributed by atoms with E-state index in [1.165, 1.54) is 6.42 Å². The molecule has 0 aliphatic carbocycles. The summed E-state index contributed by atoms with van der Waals surface area (Å²) in [6.45, 7) is 5.20. The Morgan fingerprint density at radius 3 is 2.58 bits per heavy atom. The monoisotopic (exact) mass is 173 g/mol. The van der Waals surface area contributed by atoms with Crippen LogP contribution >= 0.6 is 0 Å². The van der Waals surface area contributed by atoms with E-state index in [0.717, 1.165) is 26.1 Å². The van der Waals surface area contributed by atoms with E-state index in [1.54, 1.807) is 0 Å². The quantitative estimate of drug-likeness (QED) is 0.543. The Kier molecular flexibility index (Phi) is 7.45. The fourth-order valence-electron chi connectivity index (χ4n) is 1.00. The van der Waals surface area contributed by atoms with Crippen molar-refractivity contribution in [3.63, 3.8) is 0 Å². The number of nitrogens with one attached hydrogen (secondary N) is 1. The smallest absolute Gasteiger partial charge is 0.00509 e. The molecule has 0 spiro atoms. The minimum atomic E-state index is 0.610. The third-order valence-electron chi connectivity index (χ3n) is 1.88. The molecule has 1 unspecified atom stereocenters. The minimum absolute atomic E-state index is 0.610. The molecule has 0 aromatic carbocycles. The van der Waals surface area contributed by atoms with E-state index in [-0.39, 0.29) is 0 Å². The molecule has 74 valence electrons. The summed E-state index contributed by atoms with van der Waals surface area (Å²) in [7, 11) is 4.21. The number of nitrogens with zero attached hydrogens (tertiary/aromatic N) is 1. The van der Waals surface area contributed by atoms with Gasteiger partial charge in [-0.2, -0.15) is 0 Å². The van der Waals surface area contributed by atoms with Crippen molar-refractivity contribution in [2.45, 2.75) is 25.8 Å². The zero-order chi connectivity index (χ0) is 9.40. The van der Waals surface area contributed by atoms with Gasteiger partial charge >= 0.3 is 0 Å². The number of hydrogen-bond acceptors (Lipinski definition) is 3. The first-order valence-corrected chi connectivity index (χ1v) is 4.75. The van der Waals surface area contributed by atoms with Gasteiger partial charge in [-0.05, 0) is 53.5 Å². The lowest BCUT2D eigenvalue weighted by Crippen LogP contribution is -2.31. The Morgan fingerprint density at radius 2 is 2.08 bits per heavy atom. The van der Waals surface area contributed by atoms with Crippen molar-refractivity contribution < 1.29 is 0 Å². The molecule has 12 heavy (non-hydrogen) atoms. The molecule has 0 radical (unpaired) electrons. The van der Waals surface area contributed by atoms with Gasteiger partial charge in [0, 0.05) is 6.04 Å². The molecule has 0 fully saturated rings. The summed E-state index contributed by atoms with van der Waals surface area (Å²) in [5.41, 5.74) is 5.39. The molecule has 0 saturated carbocycles. The first-order valence-electron chi connectivity index (χ1n) is 4.75. The van der Waals surface area contributed by atoms with Gasteiger partial charge in [0.1, 0.15) is 0 Å². The maximum atomic E-state index is 5.39. The van der Waals surface area contributed by atoms with Gasteiger partial charge in [0.2, 0.25) is 0 Å². The Bertz CT molecular complexity index is 93.8. The third-order valence-corrected chi connectivity index (χ3v) is 1.88. The van der Waals surface area contributed by atoms with Gasteiger partial charge in [0.25, 0.3) is 0 Å². The van der Waals surface area contributed by atoms with Gasteiger partial charge in [-0.1, -0.05) is 0 Å². The van der Waals surface area contributed by atoms with Crippen LogP contribution < -0.4 is 11.1 Å². The number of rotatable bonds is 7. The fourth-order valence-corrected chi connectivity index (χ4v) is 1.00. The highest BCUT2D eigenvalue weighted by Crippen LogP contribution is 1.91. The molecular formula is C9H23N3. The van der Waals surface area contributed by atoms with Crippen LogP contribution in [0.5, 0.6) is 0 Å². The van der Waals surface area contributed by atoms with Crippen LogP contribution in [0.15, 0.2) is 0 Å². The van der Waals surface area contributed by atoms with Crippen LogP contribution in [-0.4, -0.2) is 44.7 Å². The molecule has 0 aliphatic heterocycles. The normalized spacial score (nSPS) is 13.8. The van der Waals surface area contributed by atoms with E-state index in [0.29, 0.717) is 6.04 Å². The van der Waals surface area contributed by atoms with Gasteiger partial charge in [0.15, 0.2) is 0 Å². The highest BCUT2D eigenvalue weighted by molar-refractivity contribution is 4.61. The van der Waals surface area contributed by atoms with E-state index in [2.05, 4.69) is 31.2 Å². The summed E-state index contributed by atoms with van der Waals surface area (Å²) >= 11 is 0. The van der Waals surface area contributed by atoms with Crippen LogP contribution in [-0.2, 0) is 0 Å². The average molecular weight is 173 g/mol. The van der Waals surface area contributed by atoms with Gasteiger partial charge < -0.3 is 16.0 Å². The summed E-state index contributed by atoms with van der Waals surface area (Å²) in [6.07, 6.45) is 2.28. The van der Waals surface area contributed by atoms with E-state index in [9.17, 15) is 0 Å². The lowest BCUT2D eigenvalue weighted by Gasteiger charge is -2.16. The molecule has 0 saturated heterocycles. The van der Waals surface area contributed by atoms with Crippen molar-refractivity contribution in [1.29, 1.82) is 0 Å². The van der Waals surface area contributed by atoms with E-state index in [1.807, 2.05) is 0 Å². The van der Waals surface area contributed by atoms with Gasteiger partial charge in [-0.3, -0.25) is 0 Å². The predicted molar refractivity (Wildman–Crippen MR) is 54.3 cm³/mol. The molecule has 0 heterocycles. The average Bonchev–Trinajstić information content (AvgIpc) is 2.01. The second kappa shape index (κ2) is 7.53. The van der Waals surface area contributed by atoms with E-state index < -0.39 is 0 Å². The largest absolute Gasteiger partial charge is 0.330 e. The van der Waals surface area contributed by atoms with Crippen LogP contribution in [0.1, 0.15) is 19.8 Å². The molecule has 3 N–H and O–H groups in total. The molecule has 0 rings (SSSR count). The van der Waals surface area contributed by atoms with E-state index in [4.69, 9.17) is 5.73 Å². The Morgan fingerprint density at radius 1 is 1.42 bits per heavy atom. The Hall–Kier alpha value is -0.120. The van der Waals surface area contributed by atoms with Crippen LogP contribution in [0.4, 0.5) is 0 Å². The van der Waals surface area contributed by atoms with Crippen LogP contribution in [0.2, 0.25) is 0 Å². The molecule has 3 heteroatoms. The number of nitrogens with two attached hydrogens (primary N) is 1. The van der Waals surface area contributed by atoms with E-state index >= 15 is 0 Å². The highest BCUT2D eigenvalue weighted by atomic mass is 15.1. The van der Waals surface area contributed by atoms with Gasteiger partial charge in [0.05, 0.1) is 0 Å². The van der Waals surface area contributed by atoms with Crippen LogP contribution in [0.25, 0.3) is 0 Å². The van der Waals surface area contributed by atoms with Gasteiger partial charge in [-0.25, -0.2) is 0 Å². The SMILES string of the molecule is CC(CCN(C)C)NCCCN. The maximum Gasteiger partial charge on any atom is 0.00509 e. The zero-order valence-electron chi connectivity index (χ0n) is 8.64. The van der Waals surface area contributed by atoms with Crippen molar-refractivity contribution in [2.24, 2.45) is 5.73 Å². The molecule has 0 bridgehead atoms. The molecule has 1 atom stereocenters. The molecule has 0 amide bonds. The minimum Gasteiger partial charge on any atom is -0.330 e. The van der Waals surface area contributed by atoms with Gasteiger partial charge in [-0.15, -0.1) is 0 Å². The first kappa shape index (κ1) is 11.9. The summed E-state index contributed by atoms with van der Waals surface area (Å²) in [4.78, 5) is 2.21. The summed E-state index contributed by atoms with van der Waals surface area (Å²) in [5.74, 6) is 0. The predicted octanol–water partition coefficient (Wildman–Crippen LogP) is 0.265. The van der Waals surface area contributed by atoms with Crippen molar-refractivity contribution >= 4 is 0 Å². The standard InChI is InChI=1S/C9H23N3/c1-9(5-8-12(2)3)11-7-4-6-10/h9,11H,4-8,10H2,1-3H3. The van der Waals surface area contributed by atoms with Crippen molar-refractivity contribution in [1.82, 2.24) is 10.2 Å². The molecule has 0 aromatic rings. The summed E-state index contributed by atoms with van der Waals surface area (Å²) in [5, 5.41) is 3.43. The van der Waals surface area contributed by atoms with Crippen LogP contribution in [0, 0.1) is 0 Å². The zero-order valence-corrected chi connectivity index (χ0v) is 8.64. The highest BCUT2D eigenvalue weighted by Gasteiger charge is 2.00. The van der Waals surface area contributed by atoms with Crippen molar-refractivity contribution in [2.75, 3.05) is 33.7 Å². The molecule has 3 nitrogen and oxygen atoms in total.